The lowest BCUT2D eigenvalue weighted by Crippen LogP contribution is -2.60. The molecule has 2 heterocycles. The number of hydrogen-bond donors (Lipinski definition) is 8. The number of aliphatic hydroxyl groups excluding tert-OH is 1. The molecule has 12 amide bonds. The Morgan fingerprint density at radius 3 is 1.93 bits per heavy atom. The highest BCUT2D eigenvalue weighted by Crippen LogP contribution is 2.31. The van der Waals surface area contributed by atoms with Crippen molar-refractivity contribution in [2.24, 2.45) is 35.3 Å². The number of likely N-dealkylation sites (N-methyl/N-ethyl adjacent to an activating group) is 2. The lowest BCUT2D eigenvalue weighted by Gasteiger charge is -2.41. The maximum Gasteiger partial charge on any atom is 0.410 e. The number of urea groups is 1. The van der Waals surface area contributed by atoms with Gasteiger partial charge in [0.25, 0.3) is 11.8 Å². The van der Waals surface area contributed by atoms with E-state index in [-0.39, 0.29) is 86.8 Å². The summed E-state index contributed by atoms with van der Waals surface area (Å²) in [7, 11) is 6.08. The fourth-order valence-corrected chi connectivity index (χ4v) is 12.1. The topological polar surface area (TPSA) is 347 Å². The van der Waals surface area contributed by atoms with E-state index in [2.05, 4.69) is 31.9 Å². The highest BCUT2D eigenvalue weighted by atomic mass is 16.6. The number of carbonyl (C=O) groups is 11. The molecule has 2 aliphatic heterocycles. The summed E-state index contributed by atoms with van der Waals surface area (Å²) in [4.78, 5) is 152. The molecule has 1 saturated heterocycles. The van der Waals surface area contributed by atoms with Crippen molar-refractivity contribution in [3.8, 4) is 0 Å². The lowest BCUT2D eigenvalue weighted by molar-refractivity contribution is -0.148. The van der Waals surface area contributed by atoms with E-state index in [1.807, 2.05) is 32.0 Å². The average Bonchev–Trinajstić information content (AvgIpc) is 1.33. The molecular formula is C68H105N11O15. The average molecular weight is 1320 g/mol. The zero-order valence-corrected chi connectivity index (χ0v) is 57.4. The maximum atomic E-state index is 14.8. The molecule has 26 nitrogen and oxygen atoms in total. The molecule has 0 radical (unpaired) electrons. The first kappa shape index (κ1) is 78.5. The predicted octanol–water partition coefficient (Wildman–Crippen LogP) is 5.08. The van der Waals surface area contributed by atoms with Gasteiger partial charge in [0, 0.05) is 72.2 Å². The SMILES string of the molecule is CC[C@H](C)[C@@H]([C@@H](CC(=O)N1CCC[C@H]1[C@H](OC)[C@@H](C)C(=O)N[C@H](C)[C@@H](O)c1ccccc1)OC)N(C)C(=O)[C@@H](NC(=O)[C@H](C(C)C)N(C)C(=O)OCc1ccc(NC(=O)[C@@H](CCCNC(N)=O)NC(=O)[C@@H](NC(=O)CCCCCN2C(=O)C=CC2=O)C(C)C)cc1)C(C)C. The van der Waals surface area contributed by atoms with Crippen molar-refractivity contribution in [2.45, 2.75) is 201 Å². The number of amides is 12. The highest BCUT2D eigenvalue weighted by molar-refractivity contribution is 6.12. The van der Waals surface area contributed by atoms with Gasteiger partial charge in [-0.25, -0.2) is 9.59 Å². The van der Waals surface area contributed by atoms with E-state index in [9.17, 15) is 57.8 Å². The molecule has 26 heteroatoms. The Hall–Kier alpha value is -7.97. The Morgan fingerprint density at radius 1 is 0.713 bits per heavy atom. The molecule has 94 heavy (non-hydrogen) atoms. The number of hydrogen-bond acceptors (Lipinski definition) is 15. The van der Waals surface area contributed by atoms with Gasteiger partial charge in [0.15, 0.2) is 0 Å². The summed E-state index contributed by atoms with van der Waals surface area (Å²) in [5.74, 6) is -6.02. The maximum absolute atomic E-state index is 14.8. The molecule has 0 aliphatic carbocycles. The van der Waals surface area contributed by atoms with Crippen LogP contribution in [0.4, 0.5) is 15.3 Å². The number of rotatable bonds is 38. The number of carbonyl (C=O) groups excluding carboxylic acids is 11. The first-order chi connectivity index (χ1) is 44.5. The van der Waals surface area contributed by atoms with Gasteiger partial charge in [0.1, 0.15) is 30.8 Å². The van der Waals surface area contributed by atoms with Crippen LogP contribution in [0, 0.1) is 29.6 Å². The van der Waals surface area contributed by atoms with Gasteiger partial charge in [-0.05, 0) is 92.4 Å². The third-order valence-corrected chi connectivity index (χ3v) is 17.7. The molecule has 2 aliphatic rings. The Labute approximate surface area is 554 Å². The summed E-state index contributed by atoms with van der Waals surface area (Å²) in [5.41, 5.74) is 6.77. The number of nitrogens with two attached hydrogens (primary N) is 1. The Balaban J connectivity index is 1.37. The molecule has 0 unspecified atom stereocenters. The molecule has 2 aromatic rings. The summed E-state index contributed by atoms with van der Waals surface area (Å²) in [6.07, 6.45) is 2.94. The second kappa shape index (κ2) is 38.4. The van der Waals surface area contributed by atoms with E-state index in [0.29, 0.717) is 61.9 Å². The molecule has 9 N–H and O–H groups in total. The zero-order chi connectivity index (χ0) is 70.1. The summed E-state index contributed by atoms with van der Waals surface area (Å²) in [5, 5.41) is 27.6. The van der Waals surface area contributed by atoms with Crippen LogP contribution in [0.1, 0.15) is 151 Å². The predicted molar refractivity (Wildman–Crippen MR) is 353 cm³/mol. The van der Waals surface area contributed by atoms with Crippen molar-refractivity contribution >= 4 is 71.0 Å². The van der Waals surface area contributed by atoms with Gasteiger partial charge in [-0.15, -0.1) is 0 Å². The van der Waals surface area contributed by atoms with Crippen molar-refractivity contribution in [3.63, 3.8) is 0 Å². The molecule has 2 aromatic carbocycles. The third-order valence-electron chi connectivity index (χ3n) is 17.7. The van der Waals surface area contributed by atoms with Gasteiger partial charge in [-0.3, -0.25) is 53.0 Å². The summed E-state index contributed by atoms with van der Waals surface area (Å²) < 4.78 is 17.7. The fourth-order valence-electron chi connectivity index (χ4n) is 12.1. The summed E-state index contributed by atoms with van der Waals surface area (Å²) in [6, 6.07) is 8.74. The summed E-state index contributed by atoms with van der Waals surface area (Å²) in [6.45, 7) is 18.6. The number of nitrogens with zero attached hydrogens (tertiary/aromatic N) is 4. The van der Waals surface area contributed by atoms with Gasteiger partial charge >= 0.3 is 12.1 Å². The lowest BCUT2D eigenvalue weighted by atomic mass is 9.89. The van der Waals surface area contributed by atoms with E-state index in [0.717, 1.165) is 4.90 Å². The molecule has 522 valence electrons. The molecular weight excluding hydrogens is 1210 g/mol. The molecule has 1 fully saturated rings. The van der Waals surface area contributed by atoms with Crippen LogP contribution < -0.4 is 37.6 Å². The summed E-state index contributed by atoms with van der Waals surface area (Å²) >= 11 is 0. The number of ether oxygens (including phenoxy) is 3. The monoisotopic (exact) mass is 1320 g/mol. The molecule has 0 aromatic heterocycles. The van der Waals surface area contributed by atoms with Crippen LogP contribution in [0.2, 0.25) is 0 Å². The number of anilines is 1. The number of imide groups is 1. The van der Waals surface area contributed by atoms with Gasteiger partial charge in [-0.1, -0.05) is 118 Å². The largest absolute Gasteiger partial charge is 0.445 e. The van der Waals surface area contributed by atoms with Gasteiger partial charge in [0.2, 0.25) is 41.4 Å². The van der Waals surface area contributed by atoms with Crippen molar-refractivity contribution < 1.29 is 72.1 Å². The minimum Gasteiger partial charge on any atom is -0.445 e. The first-order valence-corrected chi connectivity index (χ1v) is 32.9. The standard InChI is InChI=1S/C68H105N11O15/c1-15-43(8)59(51(92-13)38-55(83)78-37-23-27-50(78)61(93-14)44(9)62(85)71-45(10)60(84)47-24-18-16-19-25-47)76(11)66(89)57(41(4)5)75-65(88)58(42(6)7)77(12)68(91)94-39-46-29-31-48(32-30-46)72-63(86)49(26-22-35-70-67(69)90)73-64(87)56(40(2)3)74-52(80)28-20-17-21-36-79-53(81)33-34-54(79)82/h16,18-19,24-25,29-34,40-45,49-51,56-61,84H,15,17,20-23,26-28,35-39H2,1-14H3,(H,71,85)(H,72,86)(H,73,87)(H,74,80)(H,75,88)(H3,69,70,90)/t43-,44+,45+,49+,50-,51+,56-,57-,58-,59-,60+,61+/m0/s1. The number of primary amides is 1. The number of nitrogens with one attached hydrogen (secondary N) is 6. The van der Waals surface area contributed by atoms with Crippen LogP contribution in [0.5, 0.6) is 0 Å². The van der Waals surface area contributed by atoms with E-state index >= 15 is 0 Å². The van der Waals surface area contributed by atoms with E-state index in [1.54, 1.807) is 109 Å². The minimum absolute atomic E-state index is 0.0841. The number of aliphatic hydroxyl groups is 1. The van der Waals surface area contributed by atoms with E-state index in [4.69, 9.17) is 19.9 Å². The molecule has 12 atom stereocenters. The molecule has 4 rings (SSSR count). The van der Waals surface area contributed by atoms with Crippen LogP contribution in [0.15, 0.2) is 66.7 Å². The number of unbranched alkanes of at least 4 members (excludes halogenated alkanes) is 2. The normalized spacial score (nSPS) is 17.4. The third kappa shape index (κ3) is 22.9. The second-order valence-electron chi connectivity index (χ2n) is 25.8. The van der Waals surface area contributed by atoms with Gasteiger partial charge in [-0.2, -0.15) is 0 Å². The van der Waals surface area contributed by atoms with Crippen LogP contribution in [-0.4, -0.2) is 192 Å². The van der Waals surface area contributed by atoms with Crippen molar-refractivity contribution in [2.75, 3.05) is 53.3 Å². The quantitative estimate of drug-likeness (QED) is 0.0321. The highest BCUT2D eigenvalue weighted by Gasteiger charge is 2.44. The van der Waals surface area contributed by atoms with E-state index in [1.165, 1.54) is 38.3 Å². The number of likely N-dealkylation sites (tertiary alicyclic amines) is 1. The first-order valence-electron chi connectivity index (χ1n) is 32.9. The van der Waals surface area contributed by atoms with Crippen LogP contribution >= 0.6 is 0 Å². The van der Waals surface area contributed by atoms with Crippen LogP contribution in [0.25, 0.3) is 0 Å². The number of benzene rings is 2. The van der Waals surface area contributed by atoms with Gasteiger partial charge < -0.3 is 66.8 Å². The fraction of sp³-hybridized carbons (Fsp3) is 0.632. The van der Waals surface area contributed by atoms with Crippen molar-refractivity contribution in [3.05, 3.63) is 77.9 Å². The molecule has 0 saturated carbocycles. The second-order valence-corrected chi connectivity index (χ2v) is 25.8. The van der Waals surface area contributed by atoms with Crippen LogP contribution in [-0.2, 0) is 64.0 Å². The Morgan fingerprint density at radius 2 is 1.35 bits per heavy atom. The Bertz CT molecular complexity index is 2880. The smallest absolute Gasteiger partial charge is 0.410 e. The minimum atomic E-state index is -1.11. The van der Waals surface area contributed by atoms with Crippen LogP contribution in [0.3, 0.4) is 0 Å². The van der Waals surface area contributed by atoms with Crippen molar-refractivity contribution in [1.29, 1.82) is 0 Å². The number of methoxy groups -OCH3 is 2. The molecule has 0 spiro atoms. The van der Waals surface area contributed by atoms with Gasteiger partial charge in [0.05, 0.1) is 48.8 Å². The molecule has 0 bridgehead atoms. The Kier molecular flexibility index (Phi) is 32.1. The van der Waals surface area contributed by atoms with E-state index < -0.39 is 114 Å². The zero-order valence-electron chi connectivity index (χ0n) is 57.4. The van der Waals surface area contributed by atoms with Crippen molar-refractivity contribution in [1.82, 2.24) is 46.2 Å².